The highest BCUT2D eigenvalue weighted by Gasteiger charge is 2.15. The zero-order chi connectivity index (χ0) is 10.8. The standard InChI is InChI=1S/C10H13ClN2OS/c11-9-6-8(15)7-10(13(9)14)12-4-2-1-3-5-12/h6-7,14H,1-5H2. The van der Waals surface area contributed by atoms with Crippen LogP contribution in [-0.4, -0.2) is 23.0 Å². The maximum atomic E-state index is 9.77. The van der Waals surface area contributed by atoms with E-state index >= 15 is 0 Å². The number of nitrogens with zero attached hydrogens (tertiary/aromatic N) is 2. The lowest BCUT2D eigenvalue weighted by atomic mass is 10.1. The van der Waals surface area contributed by atoms with E-state index in [1.807, 2.05) is 0 Å². The molecule has 1 aliphatic rings. The minimum Gasteiger partial charge on any atom is -0.426 e. The Morgan fingerprint density at radius 3 is 2.53 bits per heavy atom. The molecule has 82 valence electrons. The summed E-state index contributed by atoms with van der Waals surface area (Å²) in [5.41, 5.74) is 0. The normalized spacial score (nSPS) is 16.7. The largest absolute Gasteiger partial charge is 0.426 e. The van der Waals surface area contributed by atoms with Crippen molar-refractivity contribution in [2.75, 3.05) is 18.0 Å². The van der Waals surface area contributed by atoms with Gasteiger partial charge in [-0.3, -0.25) is 0 Å². The third-order valence-electron chi connectivity index (χ3n) is 2.63. The van der Waals surface area contributed by atoms with Crippen molar-refractivity contribution in [3.8, 4) is 0 Å². The molecule has 0 atom stereocenters. The number of aromatic nitrogens is 1. The smallest absolute Gasteiger partial charge is 0.149 e. The van der Waals surface area contributed by atoms with E-state index in [2.05, 4.69) is 4.90 Å². The van der Waals surface area contributed by atoms with E-state index in [-0.39, 0.29) is 5.15 Å². The van der Waals surface area contributed by atoms with Gasteiger partial charge in [-0.1, -0.05) is 23.8 Å². The molecule has 5 heteroatoms. The quantitative estimate of drug-likeness (QED) is 0.468. The van der Waals surface area contributed by atoms with Gasteiger partial charge >= 0.3 is 0 Å². The van der Waals surface area contributed by atoms with Crippen LogP contribution in [0.2, 0.25) is 5.15 Å². The molecule has 15 heavy (non-hydrogen) atoms. The molecule has 1 fully saturated rings. The molecule has 1 N–H and O–H groups in total. The molecule has 0 aromatic carbocycles. The summed E-state index contributed by atoms with van der Waals surface area (Å²) in [6.45, 7) is 1.91. The number of anilines is 1. The second-order valence-electron chi connectivity index (χ2n) is 3.73. The monoisotopic (exact) mass is 244 g/mol. The van der Waals surface area contributed by atoms with Crippen molar-refractivity contribution in [2.45, 2.75) is 19.3 Å². The number of rotatable bonds is 1. The molecule has 2 rings (SSSR count). The summed E-state index contributed by atoms with van der Waals surface area (Å²) in [6, 6.07) is 3.36. The van der Waals surface area contributed by atoms with Crippen molar-refractivity contribution in [2.24, 2.45) is 0 Å². The van der Waals surface area contributed by atoms with Gasteiger partial charge in [0.2, 0.25) is 0 Å². The highest BCUT2D eigenvalue weighted by atomic mass is 35.5. The maximum Gasteiger partial charge on any atom is 0.149 e. The van der Waals surface area contributed by atoms with Crippen LogP contribution in [0.3, 0.4) is 0 Å². The second-order valence-corrected chi connectivity index (χ2v) is 4.59. The van der Waals surface area contributed by atoms with Crippen LogP contribution >= 0.6 is 23.8 Å². The van der Waals surface area contributed by atoms with E-state index in [1.54, 1.807) is 12.1 Å². The first-order chi connectivity index (χ1) is 7.18. The van der Waals surface area contributed by atoms with Crippen LogP contribution in [0.4, 0.5) is 5.82 Å². The molecule has 1 aromatic heterocycles. The Balaban J connectivity index is 2.37. The van der Waals surface area contributed by atoms with Crippen molar-refractivity contribution >= 4 is 29.6 Å². The average molecular weight is 245 g/mol. The van der Waals surface area contributed by atoms with Crippen molar-refractivity contribution in [3.63, 3.8) is 0 Å². The van der Waals surface area contributed by atoms with Gasteiger partial charge in [0.15, 0.2) is 0 Å². The molecule has 0 radical (unpaired) electrons. The van der Waals surface area contributed by atoms with Crippen molar-refractivity contribution in [3.05, 3.63) is 21.8 Å². The van der Waals surface area contributed by atoms with Crippen LogP contribution in [-0.2, 0) is 0 Å². The molecule has 0 saturated carbocycles. The summed E-state index contributed by atoms with van der Waals surface area (Å²) in [7, 11) is 0. The summed E-state index contributed by atoms with van der Waals surface area (Å²) in [5, 5.41) is 10.0. The third-order valence-corrected chi connectivity index (χ3v) is 3.14. The molecule has 0 aliphatic carbocycles. The Kier molecular flexibility index (Phi) is 3.17. The first kappa shape index (κ1) is 10.8. The summed E-state index contributed by atoms with van der Waals surface area (Å²) >= 11 is 10.9. The van der Waals surface area contributed by atoms with Gasteiger partial charge in [-0.15, -0.1) is 0 Å². The summed E-state index contributed by atoms with van der Waals surface area (Å²) < 4.78 is 1.66. The first-order valence-corrected chi connectivity index (χ1v) is 5.84. The first-order valence-electron chi connectivity index (χ1n) is 5.05. The fourth-order valence-electron chi connectivity index (χ4n) is 1.87. The van der Waals surface area contributed by atoms with Crippen molar-refractivity contribution in [1.82, 2.24) is 4.73 Å². The van der Waals surface area contributed by atoms with E-state index in [1.165, 1.54) is 6.42 Å². The highest BCUT2D eigenvalue weighted by molar-refractivity contribution is 7.71. The zero-order valence-corrected chi connectivity index (χ0v) is 9.89. The minimum atomic E-state index is 0.267. The van der Waals surface area contributed by atoms with Gasteiger partial charge in [-0.2, -0.15) is 4.73 Å². The van der Waals surface area contributed by atoms with Gasteiger partial charge in [0, 0.05) is 23.7 Å². The molecule has 0 spiro atoms. The number of pyridine rings is 1. The lowest BCUT2D eigenvalue weighted by molar-refractivity contribution is 0.187. The SMILES string of the molecule is On1c(Cl)cc(=S)cc1N1CCCCC1. The molecule has 3 nitrogen and oxygen atoms in total. The molecular formula is C10H13ClN2OS. The number of halogens is 1. The maximum absolute atomic E-state index is 9.77. The summed E-state index contributed by atoms with van der Waals surface area (Å²) in [5.74, 6) is 0.701. The average Bonchev–Trinajstić information content (AvgIpc) is 2.24. The molecule has 1 aliphatic heterocycles. The predicted octanol–water partition coefficient (Wildman–Crippen LogP) is 3.10. The molecule has 0 unspecified atom stereocenters. The van der Waals surface area contributed by atoms with E-state index in [9.17, 15) is 5.21 Å². The van der Waals surface area contributed by atoms with Gasteiger partial charge in [-0.25, -0.2) is 0 Å². The van der Waals surface area contributed by atoms with Crippen LogP contribution in [0, 0.1) is 4.51 Å². The van der Waals surface area contributed by atoms with Crippen LogP contribution in [0.15, 0.2) is 12.1 Å². The van der Waals surface area contributed by atoms with Crippen molar-refractivity contribution < 1.29 is 5.21 Å². The minimum absolute atomic E-state index is 0.267. The van der Waals surface area contributed by atoms with E-state index < -0.39 is 0 Å². The van der Waals surface area contributed by atoms with Gasteiger partial charge in [0.1, 0.15) is 11.0 Å². The molecule has 2 heterocycles. The fraction of sp³-hybridized carbons (Fsp3) is 0.500. The molecule has 1 saturated heterocycles. The molecule has 1 aromatic rings. The topological polar surface area (TPSA) is 28.4 Å². The van der Waals surface area contributed by atoms with Gasteiger partial charge in [-0.05, 0) is 25.3 Å². The molecule has 0 bridgehead atoms. The van der Waals surface area contributed by atoms with Crippen molar-refractivity contribution in [1.29, 1.82) is 0 Å². The molecular weight excluding hydrogens is 232 g/mol. The highest BCUT2D eigenvalue weighted by Crippen LogP contribution is 2.22. The summed E-state index contributed by atoms with van der Waals surface area (Å²) in [4.78, 5) is 2.12. The van der Waals surface area contributed by atoms with Crippen LogP contribution in [0.1, 0.15) is 19.3 Å². The van der Waals surface area contributed by atoms with Gasteiger partial charge < -0.3 is 10.1 Å². The van der Waals surface area contributed by atoms with Gasteiger partial charge in [0.05, 0.1) is 0 Å². The van der Waals surface area contributed by atoms with Crippen LogP contribution in [0.25, 0.3) is 0 Å². The Bertz CT molecular complexity index is 412. The third kappa shape index (κ3) is 2.26. The Morgan fingerprint density at radius 1 is 1.20 bits per heavy atom. The van der Waals surface area contributed by atoms with Crippen LogP contribution < -0.4 is 4.90 Å². The molecule has 0 amide bonds. The summed E-state index contributed by atoms with van der Waals surface area (Å²) in [6.07, 6.45) is 3.56. The van der Waals surface area contributed by atoms with E-state index in [0.717, 1.165) is 30.7 Å². The number of hydrogen-bond donors (Lipinski definition) is 1. The van der Waals surface area contributed by atoms with Crippen LogP contribution in [0.5, 0.6) is 0 Å². The Labute approximate surface area is 98.9 Å². The van der Waals surface area contributed by atoms with Gasteiger partial charge in [0.25, 0.3) is 0 Å². The zero-order valence-electron chi connectivity index (χ0n) is 8.32. The lowest BCUT2D eigenvalue weighted by Gasteiger charge is -2.29. The Morgan fingerprint density at radius 2 is 1.87 bits per heavy atom. The number of hydrogen-bond acceptors (Lipinski definition) is 3. The lowest BCUT2D eigenvalue weighted by Crippen LogP contribution is -2.31. The second kappa shape index (κ2) is 4.41. The van der Waals surface area contributed by atoms with E-state index in [4.69, 9.17) is 23.8 Å². The number of piperidine rings is 1. The fourth-order valence-corrected chi connectivity index (χ4v) is 2.35. The Hall–Kier alpha value is -0.740. The van der Waals surface area contributed by atoms with E-state index in [0.29, 0.717) is 10.3 Å². The predicted molar refractivity (Wildman–Crippen MR) is 63.5 cm³/mol.